The van der Waals surface area contributed by atoms with E-state index in [0.29, 0.717) is 0 Å². The highest BCUT2D eigenvalue weighted by atomic mass is 16.5. The number of hydrogen-bond acceptors (Lipinski definition) is 2. The van der Waals surface area contributed by atoms with Crippen molar-refractivity contribution in [2.75, 3.05) is 0 Å². The second-order valence-electron chi connectivity index (χ2n) is 25.6. The maximum absolute atomic E-state index is 7.25. The molecule has 0 bridgehead atoms. The standard InChI is InChI=1S/C68H60B2O2/c1-65(2,3)39-23-25-51-55(29-39)71-57-31-41(67(7,8)9)27-49-45-33-44(38-21-17-14-18-22-38)48-36-54-60-46(34-43(37-19-15-13-16-20-37)47-35-53(69(51)63(49)57)59(45)61(48)62(47)60)50-28-42(68(10,11)12)32-58-64(50)70(54)52-26-24-40(66(4,5)6)30-56(52)72-58/h13-36H,1-12H3. The molecule has 10 aromatic carbocycles. The summed E-state index contributed by atoms with van der Waals surface area (Å²) >= 11 is 0. The van der Waals surface area contributed by atoms with E-state index in [9.17, 15) is 0 Å². The van der Waals surface area contributed by atoms with Crippen molar-refractivity contribution in [3.05, 3.63) is 168 Å². The van der Waals surface area contributed by atoms with Gasteiger partial charge in [0, 0.05) is 0 Å². The Bertz CT molecular complexity index is 3740. The summed E-state index contributed by atoms with van der Waals surface area (Å²) in [5, 5.41) is 8.03. The summed E-state index contributed by atoms with van der Waals surface area (Å²) in [4.78, 5) is 0. The Morgan fingerprint density at radius 3 is 1.01 bits per heavy atom. The summed E-state index contributed by atoms with van der Waals surface area (Å²) in [6.07, 6.45) is 0. The van der Waals surface area contributed by atoms with Gasteiger partial charge in [-0.1, -0.05) is 203 Å². The van der Waals surface area contributed by atoms with Crippen molar-refractivity contribution >= 4 is 78.5 Å². The van der Waals surface area contributed by atoms with Crippen molar-refractivity contribution in [2.45, 2.75) is 105 Å². The molecule has 4 heteroatoms. The predicted molar refractivity (Wildman–Crippen MR) is 309 cm³/mol. The number of benzene rings is 10. The molecule has 0 unspecified atom stereocenters. The molecule has 10 aromatic rings. The summed E-state index contributed by atoms with van der Waals surface area (Å²) in [6.45, 7) is 27.7. The van der Waals surface area contributed by atoms with E-state index in [4.69, 9.17) is 9.47 Å². The van der Waals surface area contributed by atoms with E-state index in [1.807, 2.05) is 0 Å². The third-order valence-electron chi connectivity index (χ3n) is 16.9. The second-order valence-corrected chi connectivity index (χ2v) is 25.6. The Hall–Kier alpha value is -7.03. The number of ether oxygens (including phenoxy) is 2. The van der Waals surface area contributed by atoms with Crippen molar-refractivity contribution in [1.29, 1.82) is 0 Å². The Morgan fingerprint density at radius 1 is 0.292 bits per heavy atom. The molecular formula is C68H60B2O2. The van der Waals surface area contributed by atoms with Gasteiger partial charge in [0.25, 0.3) is 13.4 Å². The molecule has 350 valence electrons. The van der Waals surface area contributed by atoms with Crippen LogP contribution in [0.4, 0.5) is 0 Å². The molecule has 0 saturated heterocycles. The molecule has 0 saturated carbocycles. The fourth-order valence-electron chi connectivity index (χ4n) is 13.0. The van der Waals surface area contributed by atoms with E-state index in [1.54, 1.807) is 0 Å². The van der Waals surface area contributed by atoms with Crippen LogP contribution >= 0.6 is 0 Å². The third kappa shape index (κ3) is 6.11. The Kier molecular flexibility index (Phi) is 8.71. The van der Waals surface area contributed by atoms with Crippen molar-refractivity contribution in [1.82, 2.24) is 0 Å². The Balaban J connectivity index is 1.21. The molecule has 2 nitrogen and oxygen atoms in total. The van der Waals surface area contributed by atoms with Crippen LogP contribution < -0.4 is 42.3 Å². The van der Waals surface area contributed by atoms with Crippen LogP contribution in [0.1, 0.15) is 105 Å². The summed E-state index contributed by atoms with van der Waals surface area (Å²) in [5.41, 5.74) is 22.6. The maximum atomic E-state index is 7.25. The molecule has 72 heavy (non-hydrogen) atoms. The highest BCUT2D eigenvalue weighted by Gasteiger charge is 2.45. The van der Waals surface area contributed by atoms with Gasteiger partial charge in [0.2, 0.25) is 0 Å². The number of hydrogen-bond donors (Lipinski definition) is 0. The molecule has 0 aliphatic carbocycles. The molecular weight excluding hydrogens is 870 g/mol. The van der Waals surface area contributed by atoms with Crippen LogP contribution in [0.2, 0.25) is 0 Å². The topological polar surface area (TPSA) is 18.5 Å². The normalized spacial score (nSPS) is 14.3. The lowest BCUT2D eigenvalue weighted by Crippen LogP contribution is -2.58. The van der Waals surface area contributed by atoms with Gasteiger partial charge in [-0.05, 0) is 179 Å². The van der Waals surface area contributed by atoms with Gasteiger partial charge in [0.05, 0.1) is 0 Å². The van der Waals surface area contributed by atoms with Crippen LogP contribution in [0.3, 0.4) is 0 Å². The maximum Gasteiger partial charge on any atom is 0.252 e. The lowest BCUT2D eigenvalue weighted by atomic mass is 9.31. The van der Waals surface area contributed by atoms with Gasteiger partial charge in [-0.25, -0.2) is 0 Å². The van der Waals surface area contributed by atoms with Crippen LogP contribution in [-0.2, 0) is 21.7 Å². The molecule has 0 fully saturated rings. The van der Waals surface area contributed by atoms with Crippen LogP contribution in [-0.4, -0.2) is 13.4 Å². The van der Waals surface area contributed by atoms with Crippen LogP contribution in [0.25, 0.3) is 76.8 Å². The van der Waals surface area contributed by atoms with Crippen LogP contribution in [0.5, 0.6) is 23.0 Å². The van der Waals surface area contributed by atoms with Gasteiger partial charge in [0.15, 0.2) is 0 Å². The predicted octanol–water partition coefficient (Wildman–Crippen LogP) is 14.3. The fourth-order valence-corrected chi connectivity index (χ4v) is 13.0. The van der Waals surface area contributed by atoms with Gasteiger partial charge in [-0.3, -0.25) is 0 Å². The van der Waals surface area contributed by atoms with E-state index in [-0.39, 0.29) is 35.1 Å². The molecule has 4 heterocycles. The minimum atomic E-state index is -0.110. The Morgan fingerprint density at radius 2 is 0.653 bits per heavy atom. The zero-order valence-corrected chi connectivity index (χ0v) is 43.8. The van der Waals surface area contributed by atoms with Crippen LogP contribution in [0.15, 0.2) is 146 Å². The molecule has 0 aromatic heterocycles. The quantitative estimate of drug-likeness (QED) is 0.127. The molecule has 0 radical (unpaired) electrons. The van der Waals surface area contributed by atoms with E-state index in [1.165, 1.54) is 132 Å². The van der Waals surface area contributed by atoms with Gasteiger partial charge in [-0.15, -0.1) is 0 Å². The van der Waals surface area contributed by atoms with Gasteiger partial charge in [0.1, 0.15) is 23.0 Å². The SMILES string of the molecule is CC(C)(C)c1ccc2c(c1)Oc1cc(C(C)(C)C)cc3c1B2c1cc2c(-c4ccccc4)cc4c5c(cc6c(-c7ccccc7)cc-3c1c6c25)B1c2ccc(C(C)(C)C)cc2Oc2cc(C(C)(C)C)cc-4c21. The molecule has 0 spiro atoms. The van der Waals surface area contributed by atoms with Gasteiger partial charge in [-0.2, -0.15) is 0 Å². The molecule has 0 N–H and O–H groups in total. The first-order valence-electron chi connectivity index (χ1n) is 26.2. The van der Waals surface area contributed by atoms with Crippen molar-refractivity contribution in [2.24, 2.45) is 0 Å². The molecule has 0 atom stereocenters. The molecule has 4 aliphatic heterocycles. The van der Waals surface area contributed by atoms with Crippen molar-refractivity contribution in [3.8, 4) is 67.5 Å². The highest BCUT2D eigenvalue weighted by Crippen LogP contribution is 2.52. The second kappa shape index (κ2) is 14.3. The van der Waals surface area contributed by atoms with E-state index < -0.39 is 0 Å². The molecule has 14 rings (SSSR count). The van der Waals surface area contributed by atoms with Crippen molar-refractivity contribution in [3.63, 3.8) is 0 Å². The number of rotatable bonds is 2. The minimum absolute atomic E-state index is 0.0313. The smallest absolute Gasteiger partial charge is 0.252 e. The highest BCUT2D eigenvalue weighted by molar-refractivity contribution is 7.01. The molecule has 4 aliphatic rings. The molecule has 0 amide bonds. The van der Waals surface area contributed by atoms with Crippen molar-refractivity contribution < 1.29 is 9.47 Å². The minimum Gasteiger partial charge on any atom is -0.458 e. The zero-order valence-electron chi connectivity index (χ0n) is 43.8. The largest absolute Gasteiger partial charge is 0.458 e. The first kappa shape index (κ1) is 43.7. The van der Waals surface area contributed by atoms with E-state index in [0.717, 1.165) is 23.0 Å². The first-order valence-corrected chi connectivity index (χ1v) is 26.2. The van der Waals surface area contributed by atoms with Gasteiger partial charge >= 0.3 is 0 Å². The van der Waals surface area contributed by atoms with Gasteiger partial charge < -0.3 is 9.47 Å². The zero-order chi connectivity index (χ0) is 49.7. The van der Waals surface area contributed by atoms with E-state index >= 15 is 0 Å². The fraction of sp³-hybridized carbons (Fsp3) is 0.235. The first-order chi connectivity index (χ1) is 34.2. The average molecular weight is 931 g/mol. The lowest BCUT2D eigenvalue weighted by molar-refractivity contribution is 0.479. The summed E-state index contributed by atoms with van der Waals surface area (Å²) in [6, 6.07) is 56.5. The van der Waals surface area contributed by atoms with Crippen LogP contribution in [0, 0.1) is 0 Å². The third-order valence-corrected chi connectivity index (χ3v) is 16.9. The Labute approximate surface area is 425 Å². The summed E-state index contributed by atoms with van der Waals surface area (Å²) < 4.78 is 14.5. The lowest BCUT2D eigenvalue weighted by Gasteiger charge is -2.39. The average Bonchev–Trinajstić information content (AvgIpc) is 3.34. The number of fused-ring (bicyclic) bond motifs is 8. The summed E-state index contributed by atoms with van der Waals surface area (Å²) in [5.74, 6) is 3.88. The van der Waals surface area contributed by atoms with E-state index in [2.05, 4.69) is 229 Å². The summed E-state index contributed by atoms with van der Waals surface area (Å²) in [7, 11) is 0. The monoisotopic (exact) mass is 930 g/mol.